The van der Waals surface area contributed by atoms with E-state index >= 15 is 0 Å². The van der Waals surface area contributed by atoms with E-state index in [9.17, 15) is 0 Å². The molecular weight excluding hydrogens is 399 g/mol. The molecule has 0 atom stereocenters. The second-order valence-electron chi connectivity index (χ2n) is 7.27. The van der Waals surface area contributed by atoms with Crippen molar-refractivity contribution in [1.82, 2.24) is 0 Å². The quantitative estimate of drug-likeness (QED) is 0.340. The Balaban J connectivity index is 1.64. The fourth-order valence-corrected chi connectivity index (χ4v) is 4.09. The average Bonchev–Trinajstić information content (AvgIpc) is 2.74. The standard InChI is InChI=1S/C25H22Cl2N2/c1-18(2)21-6-3-4-9-24(21)28-14-10-19(11-15-28)20-12-16-29(17-13-20)25-22(26)7-5-8-23(25)27/h3-18H,1-2H3/q+2. The maximum absolute atomic E-state index is 6.32. The van der Waals surface area contributed by atoms with Gasteiger partial charge in [-0.2, -0.15) is 9.13 Å². The van der Waals surface area contributed by atoms with Crippen LogP contribution >= 0.6 is 23.2 Å². The average molecular weight is 421 g/mol. The molecule has 0 fully saturated rings. The Hall–Kier alpha value is -2.68. The molecule has 0 unspecified atom stereocenters. The smallest absolute Gasteiger partial charge is 0.167 e. The molecule has 0 saturated carbocycles. The minimum Gasteiger partial charge on any atom is -0.167 e. The fourth-order valence-electron chi connectivity index (χ4n) is 3.49. The van der Waals surface area contributed by atoms with E-state index in [0.29, 0.717) is 16.0 Å². The summed E-state index contributed by atoms with van der Waals surface area (Å²) in [7, 11) is 0. The molecule has 144 valence electrons. The van der Waals surface area contributed by atoms with Crippen LogP contribution in [-0.2, 0) is 0 Å². The van der Waals surface area contributed by atoms with Crippen LogP contribution in [0.2, 0.25) is 10.0 Å². The first-order valence-electron chi connectivity index (χ1n) is 9.61. The Bertz CT molecular complexity index is 1110. The van der Waals surface area contributed by atoms with E-state index in [1.54, 1.807) is 0 Å². The first kappa shape index (κ1) is 19.6. The van der Waals surface area contributed by atoms with E-state index in [2.05, 4.69) is 79.3 Å². The minimum absolute atomic E-state index is 0.472. The molecule has 0 N–H and O–H groups in total. The van der Waals surface area contributed by atoms with Crippen molar-refractivity contribution in [2.24, 2.45) is 0 Å². The van der Waals surface area contributed by atoms with Crippen molar-refractivity contribution < 1.29 is 9.13 Å². The largest absolute Gasteiger partial charge is 0.248 e. The number of hydrogen-bond donors (Lipinski definition) is 0. The van der Waals surface area contributed by atoms with Crippen LogP contribution in [0.4, 0.5) is 0 Å². The molecule has 0 bridgehead atoms. The topological polar surface area (TPSA) is 7.76 Å². The predicted octanol–water partition coefficient (Wildman–Crippen LogP) is 6.34. The Morgan fingerprint density at radius 1 is 0.621 bits per heavy atom. The first-order valence-corrected chi connectivity index (χ1v) is 10.4. The van der Waals surface area contributed by atoms with Crippen LogP contribution in [0, 0.1) is 0 Å². The molecule has 0 radical (unpaired) electrons. The molecule has 0 aliphatic rings. The van der Waals surface area contributed by atoms with Gasteiger partial charge in [-0.1, -0.05) is 61.3 Å². The third-order valence-corrected chi connectivity index (χ3v) is 5.63. The monoisotopic (exact) mass is 420 g/mol. The SMILES string of the molecule is CC(C)c1ccccc1-[n+]1ccc(-c2cc[n+](-c3c(Cl)cccc3Cl)cc2)cc1. The Morgan fingerprint density at radius 2 is 1.14 bits per heavy atom. The van der Waals surface area contributed by atoms with Gasteiger partial charge in [-0.3, -0.25) is 0 Å². The normalized spacial score (nSPS) is 11.1. The summed E-state index contributed by atoms with van der Waals surface area (Å²) in [5.41, 5.74) is 5.63. The number of para-hydroxylation sites is 2. The third kappa shape index (κ3) is 4.05. The predicted molar refractivity (Wildman–Crippen MR) is 119 cm³/mol. The number of rotatable bonds is 4. The summed E-state index contributed by atoms with van der Waals surface area (Å²) in [6.07, 6.45) is 8.19. The third-order valence-electron chi connectivity index (χ3n) is 5.02. The molecule has 2 nitrogen and oxygen atoms in total. The molecular formula is C25H22Cl2N2+2. The summed E-state index contributed by atoms with van der Waals surface area (Å²) in [5.74, 6) is 0.472. The van der Waals surface area contributed by atoms with Gasteiger partial charge in [0.25, 0.3) is 0 Å². The van der Waals surface area contributed by atoms with Gasteiger partial charge in [0, 0.05) is 35.9 Å². The van der Waals surface area contributed by atoms with E-state index in [0.717, 1.165) is 16.8 Å². The van der Waals surface area contributed by atoms with Crippen LogP contribution in [0.25, 0.3) is 22.5 Å². The van der Waals surface area contributed by atoms with Gasteiger partial charge >= 0.3 is 0 Å². The molecule has 2 aromatic heterocycles. The van der Waals surface area contributed by atoms with Gasteiger partial charge in [-0.15, -0.1) is 0 Å². The lowest BCUT2D eigenvalue weighted by atomic mass is 10.0. The number of nitrogens with zero attached hydrogens (tertiary/aromatic N) is 2. The van der Waals surface area contributed by atoms with Gasteiger partial charge in [0.15, 0.2) is 24.8 Å². The maximum atomic E-state index is 6.32. The number of aromatic nitrogens is 2. The van der Waals surface area contributed by atoms with Gasteiger partial charge in [0.2, 0.25) is 11.4 Å². The zero-order valence-electron chi connectivity index (χ0n) is 16.4. The van der Waals surface area contributed by atoms with Gasteiger partial charge in [-0.25, -0.2) is 0 Å². The first-order chi connectivity index (χ1) is 14.0. The molecule has 0 aliphatic carbocycles. The van der Waals surface area contributed by atoms with E-state index in [-0.39, 0.29) is 0 Å². The molecule has 29 heavy (non-hydrogen) atoms. The summed E-state index contributed by atoms with van der Waals surface area (Å²) in [6.45, 7) is 4.44. The zero-order valence-corrected chi connectivity index (χ0v) is 17.9. The lowest BCUT2D eigenvalue weighted by molar-refractivity contribution is -0.596. The number of hydrogen-bond acceptors (Lipinski definition) is 0. The van der Waals surface area contributed by atoms with Crippen molar-refractivity contribution in [3.63, 3.8) is 0 Å². The Morgan fingerprint density at radius 3 is 1.69 bits per heavy atom. The number of benzene rings is 2. The van der Waals surface area contributed by atoms with E-state index in [4.69, 9.17) is 23.2 Å². The Kier molecular flexibility index (Phi) is 5.66. The van der Waals surface area contributed by atoms with Crippen LogP contribution in [0.1, 0.15) is 25.3 Å². The van der Waals surface area contributed by atoms with E-state index in [1.807, 2.05) is 35.2 Å². The summed E-state index contributed by atoms with van der Waals surface area (Å²) < 4.78 is 4.11. The molecule has 0 aliphatic heterocycles. The molecule has 0 saturated heterocycles. The number of pyridine rings is 2. The molecule has 2 heterocycles. The second kappa shape index (κ2) is 8.36. The van der Waals surface area contributed by atoms with Gasteiger partial charge < -0.3 is 0 Å². The Labute approximate surface area is 181 Å². The highest BCUT2D eigenvalue weighted by molar-refractivity contribution is 6.37. The highest BCUT2D eigenvalue weighted by atomic mass is 35.5. The van der Waals surface area contributed by atoms with Crippen molar-refractivity contribution in [2.45, 2.75) is 19.8 Å². The summed E-state index contributed by atoms with van der Waals surface area (Å²) >= 11 is 12.6. The van der Waals surface area contributed by atoms with Gasteiger partial charge in [0.1, 0.15) is 10.0 Å². The van der Waals surface area contributed by atoms with Crippen molar-refractivity contribution in [3.05, 3.63) is 107 Å². The van der Waals surface area contributed by atoms with Crippen molar-refractivity contribution in [2.75, 3.05) is 0 Å². The van der Waals surface area contributed by atoms with Crippen LogP contribution in [-0.4, -0.2) is 0 Å². The van der Waals surface area contributed by atoms with Crippen LogP contribution in [0.3, 0.4) is 0 Å². The molecule has 4 aromatic rings. The summed E-state index contributed by atoms with van der Waals surface area (Å²) in [4.78, 5) is 0. The summed E-state index contributed by atoms with van der Waals surface area (Å²) in [5, 5.41) is 1.25. The second-order valence-corrected chi connectivity index (χ2v) is 8.09. The lowest BCUT2D eigenvalue weighted by Gasteiger charge is -2.08. The molecule has 4 rings (SSSR count). The van der Waals surface area contributed by atoms with Crippen molar-refractivity contribution >= 4 is 23.2 Å². The minimum atomic E-state index is 0.472. The van der Waals surface area contributed by atoms with Crippen LogP contribution < -0.4 is 9.13 Å². The highest BCUT2D eigenvalue weighted by Crippen LogP contribution is 2.25. The molecule has 0 amide bonds. The maximum Gasteiger partial charge on any atom is 0.248 e. The number of halogens is 2. The van der Waals surface area contributed by atoms with Crippen molar-refractivity contribution in [1.29, 1.82) is 0 Å². The summed E-state index contributed by atoms with van der Waals surface area (Å²) in [6, 6.07) is 22.5. The van der Waals surface area contributed by atoms with Crippen LogP contribution in [0.5, 0.6) is 0 Å². The molecule has 2 aromatic carbocycles. The fraction of sp³-hybridized carbons (Fsp3) is 0.120. The van der Waals surface area contributed by atoms with E-state index < -0.39 is 0 Å². The molecule has 0 spiro atoms. The lowest BCUT2D eigenvalue weighted by Crippen LogP contribution is -2.31. The van der Waals surface area contributed by atoms with E-state index in [1.165, 1.54) is 11.3 Å². The van der Waals surface area contributed by atoms with Crippen LogP contribution in [0.15, 0.2) is 91.5 Å². The zero-order chi connectivity index (χ0) is 20.4. The van der Waals surface area contributed by atoms with Crippen molar-refractivity contribution in [3.8, 4) is 22.5 Å². The molecule has 4 heteroatoms. The van der Waals surface area contributed by atoms with Gasteiger partial charge in [0.05, 0.1) is 0 Å². The van der Waals surface area contributed by atoms with Gasteiger partial charge in [-0.05, 0) is 29.2 Å². The highest BCUT2D eigenvalue weighted by Gasteiger charge is 2.17.